The molecule has 2 amide bonds. The van der Waals surface area contributed by atoms with E-state index in [0.29, 0.717) is 12.0 Å². The van der Waals surface area contributed by atoms with E-state index in [4.69, 9.17) is 0 Å². The number of hydrogen-bond donors (Lipinski definition) is 1. The number of rotatable bonds is 5. The lowest BCUT2D eigenvalue weighted by molar-refractivity contribution is -0.133. The summed E-state index contributed by atoms with van der Waals surface area (Å²) in [4.78, 5) is 27.1. The van der Waals surface area contributed by atoms with Crippen molar-refractivity contribution in [2.45, 2.75) is 52.1 Å². The van der Waals surface area contributed by atoms with Crippen LogP contribution in [0.15, 0.2) is 0 Å². The van der Waals surface area contributed by atoms with Gasteiger partial charge in [-0.3, -0.25) is 9.59 Å². The van der Waals surface area contributed by atoms with Crippen molar-refractivity contribution in [2.24, 2.45) is 5.92 Å². The number of piperidine rings is 1. The summed E-state index contributed by atoms with van der Waals surface area (Å²) in [6.45, 7) is 7.46. The number of nitrogens with one attached hydrogen (secondary N) is 1. The molecule has 1 aliphatic rings. The first-order chi connectivity index (χ1) is 9.31. The van der Waals surface area contributed by atoms with Gasteiger partial charge in [0.25, 0.3) is 0 Å². The molecule has 0 spiro atoms. The van der Waals surface area contributed by atoms with E-state index in [1.165, 1.54) is 0 Å². The Balaban J connectivity index is 2.54. The van der Waals surface area contributed by atoms with E-state index < -0.39 is 0 Å². The molecule has 0 aliphatic carbocycles. The van der Waals surface area contributed by atoms with Crippen molar-refractivity contribution in [3.8, 4) is 0 Å². The summed E-state index contributed by atoms with van der Waals surface area (Å²) in [6.07, 6.45) is 2.70. The second kappa shape index (κ2) is 7.62. The van der Waals surface area contributed by atoms with Crippen LogP contribution in [0.2, 0.25) is 0 Å². The Hall–Kier alpha value is -1.10. The van der Waals surface area contributed by atoms with Gasteiger partial charge < -0.3 is 15.1 Å². The minimum absolute atomic E-state index is 0.112. The van der Waals surface area contributed by atoms with Crippen molar-refractivity contribution >= 4 is 11.8 Å². The Morgan fingerprint density at radius 1 is 1.25 bits per heavy atom. The minimum Gasteiger partial charge on any atom is -0.347 e. The van der Waals surface area contributed by atoms with Crippen molar-refractivity contribution in [3.05, 3.63) is 0 Å². The van der Waals surface area contributed by atoms with Crippen LogP contribution in [0.25, 0.3) is 0 Å². The number of carbonyl (C=O) groups excluding carboxylic acids is 2. The third-order valence-corrected chi connectivity index (χ3v) is 3.82. The van der Waals surface area contributed by atoms with E-state index in [0.717, 1.165) is 32.4 Å². The topological polar surface area (TPSA) is 52.7 Å². The molecule has 0 aromatic carbocycles. The number of hydrogen-bond acceptors (Lipinski definition) is 3. The van der Waals surface area contributed by atoms with E-state index in [1.807, 2.05) is 4.90 Å². The number of likely N-dealkylation sites (N-methyl/N-ethyl adjacent to an activating group) is 1. The van der Waals surface area contributed by atoms with Gasteiger partial charge in [0.05, 0.1) is 6.04 Å². The van der Waals surface area contributed by atoms with E-state index in [9.17, 15) is 9.59 Å². The number of amides is 2. The van der Waals surface area contributed by atoms with Crippen LogP contribution in [0.5, 0.6) is 0 Å². The molecule has 1 heterocycles. The lowest BCUT2D eigenvalue weighted by Crippen LogP contribution is -2.52. The summed E-state index contributed by atoms with van der Waals surface area (Å²) < 4.78 is 0. The molecule has 5 heteroatoms. The molecule has 1 aliphatic heterocycles. The first kappa shape index (κ1) is 17.0. The maximum absolute atomic E-state index is 12.2. The van der Waals surface area contributed by atoms with Crippen LogP contribution in [0, 0.1) is 5.92 Å². The highest BCUT2D eigenvalue weighted by Crippen LogP contribution is 2.14. The van der Waals surface area contributed by atoms with Gasteiger partial charge in [-0.25, -0.2) is 0 Å². The third-order valence-electron chi connectivity index (χ3n) is 3.82. The number of nitrogens with zero attached hydrogens (tertiary/aromatic N) is 2. The normalized spacial score (nSPS) is 18.2. The molecule has 0 radical (unpaired) electrons. The molecule has 5 nitrogen and oxygen atoms in total. The van der Waals surface area contributed by atoms with Gasteiger partial charge >= 0.3 is 0 Å². The number of carbonyl (C=O) groups is 2. The van der Waals surface area contributed by atoms with Crippen LogP contribution < -0.4 is 5.32 Å². The van der Waals surface area contributed by atoms with Gasteiger partial charge in [-0.15, -0.1) is 0 Å². The van der Waals surface area contributed by atoms with Crippen molar-refractivity contribution < 1.29 is 9.59 Å². The Bertz CT molecular complexity index is 334. The summed E-state index contributed by atoms with van der Waals surface area (Å²) in [6, 6.07) is 0.220. The lowest BCUT2D eigenvalue weighted by atomic mass is 9.98. The highest BCUT2D eigenvalue weighted by atomic mass is 16.2. The molecule has 0 aromatic heterocycles. The van der Waals surface area contributed by atoms with Crippen molar-refractivity contribution in [1.29, 1.82) is 0 Å². The van der Waals surface area contributed by atoms with Crippen LogP contribution in [-0.4, -0.2) is 60.9 Å². The van der Waals surface area contributed by atoms with E-state index in [-0.39, 0.29) is 17.9 Å². The van der Waals surface area contributed by atoms with Crippen LogP contribution in [0.4, 0.5) is 0 Å². The predicted octanol–water partition coefficient (Wildman–Crippen LogP) is 1.09. The van der Waals surface area contributed by atoms with E-state index >= 15 is 0 Å². The molecule has 1 N–H and O–H groups in total. The van der Waals surface area contributed by atoms with Crippen LogP contribution in [0.1, 0.15) is 40.0 Å². The standard InChI is InChI=1S/C15H29N3O2/c1-11(2)10-14(15(20)17(4)5)16-13-6-8-18(9-7-13)12(3)19/h11,13-14,16H,6-10H2,1-5H3. The zero-order chi connectivity index (χ0) is 15.3. The average molecular weight is 283 g/mol. The Morgan fingerprint density at radius 3 is 2.20 bits per heavy atom. The fourth-order valence-corrected chi connectivity index (χ4v) is 2.67. The van der Waals surface area contributed by atoms with E-state index in [2.05, 4.69) is 19.2 Å². The highest BCUT2D eigenvalue weighted by Gasteiger charge is 2.27. The van der Waals surface area contributed by atoms with Crippen LogP contribution >= 0.6 is 0 Å². The maximum Gasteiger partial charge on any atom is 0.239 e. The Morgan fingerprint density at radius 2 is 1.80 bits per heavy atom. The van der Waals surface area contributed by atoms with Crippen molar-refractivity contribution in [2.75, 3.05) is 27.2 Å². The molecular weight excluding hydrogens is 254 g/mol. The zero-order valence-corrected chi connectivity index (χ0v) is 13.5. The highest BCUT2D eigenvalue weighted by molar-refractivity contribution is 5.81. The van der Waals surface area contributed by atoms with Gasteiger partial charge in [0.15, 0.2) is 0 Å². The van der Waals surface area contributed by atoms with Gasteiger partial charge in [-0.2, -0.15) is 0 Å². The first-order valence-electron chi connectivity index (χ1n) is 7.54. The molecule has 1 fully saturated rings. The Kier molecular flexibility index (Phi) is 6.46. The summed E-state index contributed by atoms with van der Waals surface area (Å²) in [5.41, 5.74) is 0. The van der Waals surface area contributed by atoms with E-state index in [1.54, 1.807) is 25.9 Å². The zero-order valence-electron chi connectivity index (χ0n) is 13.5. The lowest BCUT2D eigenvalue weighted by Gasteiger charge is -2.34. The summed E-state index contributed by atoms with van der Waals surface area (Å²) in [7, 11) is 3.60. The Labute approximate surface area is 122 Å². The molecule has 1 unspecified atom stereocenters. The molecule has 0 aromatic rings. The smallest absolute Gasteiger partial charge is 0.239 e. The molecule has 1 atom stereocenters. The first-order valence-corrected chi connectivity index (χ1v) is 7.54. The number of likely N-dealkylation sites (tertiary alicyclic amines) is 1. The van der Waals surface area contributed by atoms with Crippen molar-refractivity contribution in [1.82, 2.24) is 15.1 Å². The quantitative estimate of drug-likeness (QED) is 0.822. The monoisotopic (exact) mass is 283 g/mol. The maximum atomic E-state index is 12.2. The second-order valence-corrected chi connectivity index (χ2v) is 6.36. The van der Waals surface area contributed by atoms with Gasteiger partial charge in [0, 0.05) is 40.2 Å². The summed E-state index contributed by atoms with van der Waals surface area (Å²) in [5, 5.41) is 3.50. The largest absolute Gasteiger partial charge is 0.347 e. The predicted molar refractivity (Wildman–Crippen MR) is 80.3 cm³/mol. The molecule has 116 valence electrons. The molecular formula is C15H29N3O2. The fourth-order valence-electron chi connectivity index (χ4n) is 2.67. The third kappa shape index (κ3) is 5.12. The van der Waals surface area contributed by atoms with Crippen molar-refractivity contribution in [3.63, 3.8) is 0 Å². The SMILES string of the molecule is CC(=O)N1CCC(NC(CC(C)C)C(=O)N(C)C)CC1. The average Bonchev–Trinajstić information content (AvgIpc) is 2.37. The molecule has 1 rings (SSSR count). The molecule has 1 saturated heterocycles. The molecule has 0 bridgehead atoms. The van der Waals surface area contributed by atoms with Gasteiger partial charge in [0.2, 0.25) is 11.8 Å². The van der Waals surface area contributed by atoms with Crippen LogP contribution in [0.3, 0.4) is 0 Å². The molecule has 20 heavy (non-hydrogen) atoms. The fraction of sp³-hybridized carbons (Fsp3) is 0.867. The summed E-state index contributed by atoms with van der Waals surface area (Å²) in [5.74, 6) is 0.771. The van der Waals surface area contributed by atoms with Gasteiger partial charge in [-0.1, -0.05) is 13.8 Å². The minimum atomic E-state index is -0.112. The molecule has 0 saturated carbocycles. The van der Waals surface area contributed by atoms with Gasteiger partial charge in [0.1, 0.15) is 0 Å². The summed E-state index contributed by atoms with van der Waals surface area (Å²) >= 11 is 0. The second-order valence-electron chi connectivity index (χ2n) is 6.36. The van der Waals surface area contributed by atoms with Crippen LogP contribution in [-0.2, 0) is 9.59 Å². The van der Waals surface area contributed by atoms with Gasteiger partial charge in [-0.05, 0) is 25.2 Å².